The SMILES string of the molecule is CC(NC(=O)c1ccco1)c1nc2ccccc2n1CC(=O)Nc1cccc(Br)c1. The molecule has 0 saturated carbocycles. The number of para-hydroxylation sites is 2. The van der Waals surface area contributed by atoms with Crippen LogP contribution < -0.4 is 10.6 Å². The van der Waals surface area contributed by atoms with Crippen LogP contribution in [0.5, 0.6) is 0 Å². The number of carbonyl (C=O) groups is 2. The van der Waals surface area contributed by atoms with E-state index < -0.39 is 6.04 Å². The Kier molecular flexibility index (Phi) is 5.67. The molecule has 0 aliphatic heterocycles. The molecular formula is C22H19BrN4O3. The standard InChI is InChI=1S/C22H19BrN4O3/c1-14(24-22(29)19-10-5-11-30-19)21-26-17-8-2-3-9-18(17)27(21)13-20(28)25-16-7-4-6-15(23)12-16/h2-12,14H,13H2,1H3,(H,24,29)(H,25,28). The molecule has 1 atom stereocenters. The molecule has 152 valence electrons. The number of fused-ring (bicyclic) bond motifs is 1. The van der Waals surface area contributed by atoms with Crippen LogP contribution in [0.4, 0.5) is 5.69 Å². The molecule has 2 aromatic heterocycles. The number of halogens is 1. The minimum Gasteiger partial charge on any atom is -0.459 e. The Morgan fingerprint density at radius 1 is 1.13 bits per heavy atom. The second-order valence-electron chi connectivity index (χ2n) is 6.78. The van der Waals surface area contributed by atoms with Crippen molar-refractivity contribution in [2.24, 2.45) is 0 Å². The van der Waals surface area contributed by atoms with Gasteiger partial charge in [0.25, 0.3) is 5.91 Å². The number of hydrogen-bond acceptors (Lipinski definition) is 4. The summed E-state index contributed by atoms with van der Waals surface area (Å²) in [7, 11) is 0. The number of aromatic nitrogens is 2. The first kappa shape index (κ1) is 19.9. The van der Waals surface area contributed by atoms with Crippen LogP contribution in [0.15, 0.2) is 75.8 Å². The van der Waals surface area contributed by atoms with E-state index in [1.807, 2.05) is 60.0 Å². The maximum absolute atomic E-state index is 12.7. The molecule has 2 heterocycles. The van der Waals surface area contributed by atoms with Crippen molar-refractivity contribution in [3.63, 3.8) is 0 Å². The lowest BCUT2D eigenvalue weighted by Gasteiger charge is -2.16. The van der Waals surface area contributed by atoms with Gasteiger partial charge in [-0.2, -0.15) is 0 Å². The van der Waals surface area contributed by atoms with Gasteiger partial charge in [0.2, 0.25) is 5.91 Å². The zero-order valence-electron chi connectivity index (χ0n) is 16.1. The summed E-state index contributed by atoms with van der Waals surface area (Å²) in [5.74, 6) is 0.268. The monoisotopic (exact) mass is 466 g/mol. The summed E-state index contributed by atoms with van der Waals surface area (Å²) >= 11 is 3.40. The lowest BCUT2D eigenvalue weighted by Crippen LogP contribution is -2.29. The molecule has 0 aliphatic rings. The smallest absolute Gasteiger partial charge is 0.287 e. The first-order chi connectivity index (χ1) is 14.5. The van der Waals surface area contributed by atoms with Crippen molar-refractivity contribution in [1.29, 1.82) is 0 Å². The quantitative estimate of drug-likeness (QED) is 0.437. The van der Waals surface area contributed by atoms with Crippen LogP contribution in [0.25, 0.3) is 11.0 Å². The molecule has 1 unspecified atom stereocenters. The van der Waals surface area contributed by atoms with Gasteiger partial charge in [0.1, 0.15) is 12.4 Å². The van der Waals surface area contributed by atoms with Gasteiger partial charge in [-0.05, 0) is 49.4 Å². The fraction of sp³-hybridized carbons (Fsp3) is 0.136. The van der Waals surface area contributed by atoms with E-state index >= 15 is 0 Å². The molecule has 4 aromatic rings. The highest BCUT2D eigenvalue weighted by molar-refractivity contribution is 9.10. The Labute approximate surface area is 181 Å². The van der Waals surface area contributed by atoms with Gasteiger partial charge in [0.15, 0.2) is 5.76 Å². The van der Waals surface area contributed by atoms with E-state index in [1.54, 1.807) is 12.1 Å². The molecular weight excluding hydrogens is 448 g/mol. The molecule has 0 fully saturated rings. The average molecular weight is 467 g/mol. The van der Waals surface area contributed by atoms with Gasteiger partial charge in [-0.15, -0.1) is 0 Å². The highest BCUT2D eigenvalue weighted by Gasteiger charge is 2.21. The number of anilines is 1. The summed E-state index contributed by atoms with van der Waals surface area (Å²) in [4.78, 5) is 29.8. The van der Waals surface area contributed by atoms with Gasteiger partial charge in [-0.1, -0.05) is 34.1 Å². The van der Waals surface area contributed by atoms with Crippen molar-refractivity contribution in [3.05, 3.63) is 83.0 Å². The first-order valence-corrected chi connectivity index (χ1v) is 10.2. The van der Waals surface area contributed by atoms with Gasteiger partial charge < -0.3 is 19.6 Å². The number of nitrogens with zero attached hydrogens (tertiary/aromatic N) is 2. The van der Waals surface area contributed by atoms with Crippen LogP contribution in [0.2, 0.25) is 0 Å². The maximum Gasteiger partial charge on any atom is 0.287 e. The third-order valence-electron chi connectivity index (χ3n) is 4.57. The molecule has 2 amide bonds. The third-order valence-corrected chi connectivity index (χ3v) is 5.07. The van der Waals surface area contributed by atoms with Crippen LogP contribution in [0, 0.1) is 0 Å². The fourth-order valence-electron chi connectivity index (χ4n) is 3.24. The highest BCUT2D eigenvalue weighted by atomic mass is 79.9. The normalized spacial score (nSPS) is 11.9. The number of rotatable bonds is 6. The molecule has 0 spiro atoms. The van der Waals surface area contributed by atoms with E-state index in [1.165, 1.54) is 6.26 Å². The molecule has 8 heteroatoms. The van der Waals surface area contributed by atoms with Crippen molar-refractivity contribution >= 4 is 44.5 Å². The number of amides is 2. The second kappa shape index (κ2) is 8.54. The predicted molar refractivity (Wildman–Crippen MR) is 117 cm³/mol. The molecule has 30 heavy (non-hydrogen) atoms. The summed E-state index contributed by atoms with van der Waals surface area (Å²) in [5, 5.41) is 5.77. The number of hydrogen-bond donors (Lipinski definition) is 2. The predicted octanol–water partition coefficient (Wildman–Crippen LogP) is 4.52. The summed E-state index contributed by atoms with van der Waals surface area (Å²) in [6.07, 6.45) is 1.45. The maximum atomic E-state index is 12.7. The molecule has 7 nitrogen and oxygen atoms in total. The topological polar surface area (TPSA) is 89.2 Å². The lowest BCUT2D eigenvalue weighted by molar-refractivity contribution is -0.116. The number of nitrogens with one attached hydrogen (secondary N) is 2. The summed E-state index contributed by atoms with van der Waals surface area (Å²) in [5.41, 5.74) is 2.26. The van der Waals surface area contributed by atoms with Crippen LogP contribution in [0.1, 0.15) is 29.3 Å². The van der Waals surface area contributed by atoms with Crippen LogP contribution >= 0.6 is 15.9 Å². The lowest BCUT2D eigenvalue weighted by atomic mass is 10.2. The summed E-state index contributed by atoms with van der Waals surface area (Å²) in [6, 6.07) is 17.8. The zero-order chi connectivity index (χ0) is 21.1. The molecule has 0 aliphatic carbocycles. The van der Waals surface area contributed by atoms with Crippen LogP contribution in [-0.4, -0.2) is 21.4 Å². The summed E-state index contributed by atoms with van der Waals surface area (Å²) in [6.45, 7) is 1.88. The van der Waals surface area contributed by atoms with E-state index in [4.69, 9.17) is 4.42 Å². The van der Waals surface area contributed by atoms with Crippen molar-refractivity contribution in [3.8, 4) is 0 Å². The largest absolute Gasteiger partial charge is 0.459 e. The second-order valence-corrected chi connectivity index (χ2v) is 7.69. The zero-order valence-corrected chi connectivity index (χ0v) is 17.7. The molecule has 4 rings (SSSR count). The number of benzene rings is 2. The van der Waals surface area contributed by atoms with E-state index in [0.717, 1.165) is 15.5 Å². The highest BCUT2D eigenvalue weighted by Crippen LogP contribution is 2.22. The van der Waals surface area contributed by atoms with Crippen LogP contribution in [-0.2, 0) is 11.3 Å². The average Bonchev–Trinajstić information content (AvgIpc) is 3.37. The molecule has 0 radical (unpaired) electrons. The fourth-order valence-corrected chi connectivity index (χ4v) is 3.64. The Balaban J connectivity index is 1.60. The van der Waals surface area contributed by atoms with Crippen molar-refractivity contribution in [1.82, 2.24) is 14.9 Å². The van der Waals surface area contributed by atoms with E-state index in [-0.39, 0.29) is 24.1 Å². The van der Waals surface area contributed by atoms with Gasteiger partial charge >= 0.3 is 0 Å². The number of imidazole rings is 1. The molecule has 0 saturated heterocycles. The molecule has 2 aromatic carbocycles. The van der Waals surface area contributed by atoms with Crippen molar-refractivity contribution < 1.29 is 14.0 Å². The van der Waals surface area contributed by atoms with E-state index in [2.05, 4.69) is 31.5 Å². The molecule has 2 N–H and O–H groups in total. The third kappa shape index (κ3) is 4.28. The number of furan rings is 1. The Bertz CT molecular complexity index is 1200. The summed E-state index contributed by atoms with van der Waals surface area (Å²) < 4.78 is 7.85. The van der Waals surface area contributed by atoms with Crippen molar-refractivity contribution in [2.45, 2.75) is 19.5 Å². The van der Waals surface area contributed by atoms with Gasteiger partial charge in [-0.3, -0.25) is 9.59 Å². The Morgan fingerprint density at radius 3 is 2.73 bits per heavy atom. The number of carbonyl (C=O) groups excluding carboxylic acids is 2. The minimum atomic E-state index is -0.436. The van der Waals surface area contributed by atoms with Gasteiger partial charge in [-0.25, -0.2) is 4.98 Å². The van der Waals surface area contributed by atoms with Gasteiger partial charge in [0.05, 0.1) is 23.3 Å². The van der Waals surface area contributed by atoms with E-state index in [0.29, 0.717) is 11.5 Å². The Hall–Kier alpha value is -3.39. The minimum absolute atomic E-state index is 0.0589. The van der Waals surface area contributed by atoms with Crippen LogP contribution in [0.3, 0.4) is 0 Å². The molecule has 0 bridgehead atoms. The van der Waals surface area contributed by atoms with Crippen molar-refractivity contribution in [2.75, 3.05) is 5.32 Å². The van der Waals surface area contributed by atoms with E-state index in [9.17, 15) is 9.59 Å². The Morgan fingerprint density at radius 2 is 1.97 bits per heavy atom. The van der Waals surface area contributed by atoms with Gasteiger partial charge in [0, 0.05) is 10.2 Å². The first-order valence-electron chi connectivity index (χ1n) is 9.36.